The summed E-state index contributed by atoms with van der Waals surface area (Å²) < 4.78 is 81.4. The highest BCUT2D eigenvalue weighted by Crippen LogP contribution is 2.36. The van der Waals surface area contributed by atoms with E-state index in [0.717, 1.165) is 23.1 Å². The molecule has 6 nitrogen and oxygen atoms in total. The molecule has 0 unspecified atom stereocenters. The van der Waals surface area contributed by atoms with Gasteiger partial charge in [-0.3, -0.25) is 9.52 Å². The average molecular weight is 502 g/mol. The smallest absolute Gasteiger partial charge is 0.307 e. The van der Waals surface area contributed by atoms with Gasteiger partial charge in [0.1, 0.15) is 5.82 Å². The van der Waals surface area contributed by atoms with E-state index in [1.807, 2.05) is 0 Å². The lowest BCUT2D eigenvalue weighted by molar-refractivity contribution is -0.137. The Bertz CT molecular complexity index is 1330. The van der Waals surface area contributed by atoms with Crippen molar-refractivity contribution < 1.29 is 30.8 Å². The number of halogens is 5. The Morgan fingerprint density at radius 3 is 2.42 bits per heavy atom. The number of amides is 1. The Balaban J connectivity index is 2.02. The summed E-state index contributed by atoms with van der Waals surface area (Å²) in [5, 5.41) is -0.666. The lowest BCUT2D eigenvalue weighted by Gasteiger charge is -2.20. The van der Waals surface area contributed by atoms with Gasteiger partial charge in [-0.05, 0) is 48.9 Å². The van der Waals surface area contributed by atoms with E-state index in [2.05, 4.69) is 9.71 Å². The highest BCUT2D eigenvalue weighted by Gasteiger charge is 2.35. The zero-order chi connectivity index (χ0) is 24.6. The molecule has 0 saturated carbocycles. The third-order valence-electron chi connectivity index (χ3n) is 4.54. The number of alkyl halides is 3. The van der Waals surface area contributed by atoms with Gasteiger partial charge in [0.25, 0.3) is 15.9 Å². The summed E-state index contributed by atoms with van der Waals surface area (Å²) in [5.74, 6) is -1.53. The molecule has 3 aromatic rings. The van der Waals surface area contributed by atoms with Crippen LogP contribution in [0.2, 0.25) is 5.02 Å². The van der Waals surface area contributed by atoms with Gasteiger partial charge in [0.05, 0.1) is 26.9 Å². The van der Waals surface area contributed by atoms with Crippen molar-refractivity contribution in [3.8, 4) is 0 Å². The number of aryl methyl sites for hydroxylation is 1. The molecular formula is C21H16ClF4N3O3S. The van der Waals surface area contributed by atoms with Crippen molar-refractivity contribution in [1.29, 1.82) is 0 Å². The lowest BCUT2D eigenvalue weighted by Crippen LogP contribution is -2.29. The zero-order valence-corrected chi connectivity index (χ0v) is 18.7. The molecule has 0 fully saturated rings. The predicted octanol–water partition coefficient (Wildman–Crippen LogP) is 5.28. The molecule has 2 aromatic carbocycles. The van der Waals surface area contributed by atoms with Crippen molar-refractivity contribution in [2.45, 2.75) is 18.0 Å². The van der Waals surface area contributed by atoms with Crippen LogP contribution in [0.3, 0.4) is 0 Å². The molecule has 1 N–H and O–H groups in total. The number of carbonyl (C=O) groups excluding carboxylic acids is 1. The van der Waals surface area contributed by atoms with Crippen molar-refractivity contribution >= 4 is 38.9 Å². The second-order valence-electron chi connectivity index (χ2n) is 6.97. The maximum absolute atomic E-state index is 14.1. The molecule has 0 atom stereocenters. The minimum absolute atomic E-state index is 0.0776. The van der Waals surface area contributed by atoms with Gasteiger partial charge in [-0.25, -0.2) is 17.8 Å². The van der Waals surface area contributed by atoms with Crippen molar-refractivity contribution in [2.75, 3.05) is 16.7 Å². The molecule has 0 aliphatic carbocycles. The maximum Gasteiger partial charge on any atom is 0.417 e. The van der Waals surface area contributed by atoms with Crippen LogP contribution in [0.25, 0.3) is 0 Å². The van der Waals surface area contributed by atoms with Crippen LogP contribution in [0.1, 0.15) is 21.6 Å². The molecule has 3 rings (SSSR count). The van der Waals surface area contributed by atoms with E-state index >= 15 is 0 Å². The largest absolute Gasteiger partial charge is 0.417 e. The van der Waals surface area contributed by atoms with Crippen molar-refractivity contribution in [1.82, 2.24) is 4.98 Å². The van der Waals surface area contributed by atoms with E-state index < -0.39 is 43.4 Å². The lowest BCUT2D eigenvalue weighted by atomic mass is 10.2. The van der Waals surface area contributed by atoms with Crippen LogP contribution in [-0.4, -0.2) is 26.4 Å². The second kappa shape index (κ2) is 8.99. The number of benzene rings is 2. The molecule has 33 heavy (non-hydrogen) atoms. The SMILES string of the molecule is Cc1cnc(C(=O)N(C)c2ccccc2F)c(NS(=O)(=O)c2ccc(Cl)c(C(F)(F)F)c2)c1. The van der Waals surface area contributed by atoms with Gasteiger partial charge in [-0.15, -0.1) is 0 Å². The molecule has 0 spiro atoms. The fourth-order valence-electron chi connectivity index (χ4n) is 2.90. The van der Waals surface area contributed by atoms with Crippen LogP contribution < -0.4 is 9.62 Å². The number of nitrogens with one attached hydrogen (secondary N) is 1. The van der Waals surface area contributed by atoms with Gasteiger partial charge in [0, 0.05) is 13.2 Å². The summed E-state index contributed by atoms with van der Waals surface area (Å²) >= 11 is 5.56. The molecule has 12 heteroatoms. The number of rotatable bonds is 5. The zero-order valence-electron chi connectivity index (χ0n) is 17.1. The van der Waals surface area contributed by atoms with Gasteiger partial charge in [-0.2, -0.15) is 13.2 Å². The number of hydrogen-bond acceptors (Lipinski definition) is 4. The molecular weight excluding hydrogens is 486 g/mol. The fourth-order valence-corrected chi connectivity index (χ4v) is 4.21. The van der Waals surface area contributed by atoms with E-state index in [4.69, 9.17) is 11.6 Å². The average Bonchev–Trinajstić information content (AvgIpc) is 2.72. The van der Waals surface area contributed by atoms with Crippen molar-refractivity contribution in [2.24, 2.45) is 0 Å². The minimum Gasteiger partial charge on any atom is -0.307 e. The monoisotopic (exact) mass is 501 g/mol. The molecule has 1 heterocycles. The quantitative estimate of drug-likeness (QED) is 0.482. The second-order valence-corrected chi connectivity index (χ2v) is 9.06. The number of para-hydroxylation sites is 1. The van der Waals surface area contributed by atoms with Gasteiger partial charge in [0.2, 0.25) is 0 Å². The Morgan fingerprint density at radius 1 is 1.12 bits per heavy atom. The van der Waals surface area contributed by atoms with Crippen LogP contribution in [0.4, 0.5) is 28.9 Å². The van der Waals surface area contributed by atoms with Crippen LogP contribution in [-0.2, 0) is 16.2 Å². The molecule has 174 valence electrons. The van der Waals surface area contributed by atoms with Crippen LogP contribution in [0.15, 0.2) is 59.6 Å². The molecule has 0 saturated heterocycles. The number of hydrogen-bond donors (Lipinski definition) is 1. The molecule has 0 aliphatic heterocycles. The Kier molecular flexibility index (Phi) is 6.66. The van der Waals surface area contributed by atoms with E-state index in [-0.39, 0.29) is 17.1 Å². The van der Waals surface area contributed by atoms with Crippen LogP contribution in [0, 0.1) is 12.7 Å². The minimum atomic E-state index is -4.88. The topological polar surface area (TPSA) is 79.4 Å². The number of sulfonamides is 1. The van der Waals surface area contributed by atoms with Crippen molar-refractivity contribution in [3.63, 3.8) is 0 Å². The summed E-state index contributed by atoms with van der Waals surface area (Å²) in [6.07, 6.45) is -3.58. The highest BCUT2D eigenvalue weighted by molar-refractivity contribution is 7.92. The number of carbonyl (C=O) groups is 1. The fraction of sp³-hybridized carbons (Fsp3) is 0.143. The van der Waals surface area contributed by atoms with Crippen LogP contribution in [0.5, 0.6) is 0 Å². The molecule has 0 bridgehead atoms. The van der Waals surface area contributed by atoms with E-state index in [1.54, 1.807) is 6.92 Å². The highest BCUT2D eigenvalue weighted by atomic mass is 35.5. The van der Waals surface area contributed by atoms with Crippen molar-refractivity contribution in [3.05, 3.63) is 82.4 Å². The van der Waals surface area contributed by atoms with Gasteiger partial charge in [-0.1, -0.05) is 23.7 Å². The standard InChI is InChI=1S/C21H16ClF4N3O3S/c1-12-9-17(19(27-11-12)20(30)29(2)18-6-4-3-5-16(18)23)28-33(31,32)13-7-8-15(22)14(10-13)21(24,25)26/h3-11,28H,1-2H3. The molecule has 1 aromatic heterocycles. The first-order valence-corrected chi connectivity index (χ1v) is 11.1. The predicted molar refractivity (Wildman–Crippen MR) is 115 cm³/mol. The summed E-state index contributed by atoms with van der Waals surface area (Å²) in [7, 11) is -3.30. The number of anilines is 2. The molecule has 0 aliphatic rings. The first-order chi connectivity index (χ1) is 15.3. The summed E-state index contributed by atoms with van der Waals surface area (Å²) in [6.45, 7) is 1.57. The first-order valence-electron chi connectivity index (χ1n) is 9.20. The maximum atomic E-state index is 14.1. The number of pyridine rings is 1. The first kappa shape index (κ1) is 24.5. The summed E-state index contributed by atoms with van der Waals surface area (Å²) in [4.78, 5) is 17.2. The van der Waals surface area contributed by atoms with Crippen LogP contribution >= 0.6 is 11.6 Å². The summed E-state index contributed by atoms with van der Waals surface area (Å²) in [5.41, 5.74) is -1.60. The Morgan fingerprint density at radius 2 is 1.79 bits per heavy atom. The van der Waals surface area contributed by atoms with E-state index in [0.29, 0.717) is 11.6 Å². The van der Waals surface area contributed by atoms with Gasteiger partial charge in [0.15, 0.2) is 5.69 Å². The van der Waals surface area contributed by atoms with E-state index in [1.165, 1.54) is 37.5 Å². The number of aromatic nitrogens is 1. The Labute approximate surface area is 191 Å². The molecule has 1 amide bonds. The molecule has 0 radical (unpaired) electrons. The normalized spacial score (nSPS) is 11.8. The summed E-state index contributed by atoms with van der Waals surface area (Å²) in [6, 6.07) is 8.81. The third kappa shape index (κ3) is 5.25. The van der Waals surface area contributed by atoms with E-state index in [9.17, 15) is 30.8 Å². The third-order valence-corrected chi connectivity index (χ3v) is 6.24. The van der Waals surface area contributed by atoms with Gasteiger partial charge >= 0.3 is 6.18 Å². The van der Waals surface area contributed by atoms with Gasteiger partial charge < -0.3 is 4.90 Å². The Hall–Kier alpha value is -3.18. The number of nitrogens with zero attached hydrogens (tertiary/aromatic N) is 2.